The van der Waals surface area contributed by atoms with Crippen LogP contribution in [0.25, 0.3) is 0 Å². The molecule has 14 heteroatoms. The van der Waals surface area contributed by atoms with Crippen LogP contribution in [0.1, 0.15) is 51.4 Å². The first-order valence-electron chi connectivity index (χ1n) is 11.5. The van der Waals surface area contributed by atoms with Gasteiger partial charge in [0.05, 0.1) is 6.04 Å². The van der Waals surface area contributed by atoms with E-state index in [1.54, 1.807) is 0 Å². The molecule has 0 aromatic rings. The van der Waals surface area contributed by atoms with Crippen molar-refractivity contribution < 1.29 is 29.0 Å². The lowest BCUT2D eigenvalue weighted by atomic mass is 10.1. The van der Waals surface area contributed by atoms with Crippen LogP contribution in [-0.2, 0) is 14.3 Å². The van der Waals surface area contributed by atoms with E-state index in [-0.39, 0.29) is 19.2 Å². The number of amides is 2. The zero-order valence-corrected chi connectivity index (χ0v) is 19.7. The molecule has 0 fully saturated rings. The van der Waals surface area contributed by atoms with Crippen LogP contribution in [0.5, 0.6) is 0 Å². The molecule has 0 saturated heterocycles. The maximum Gasteiger partial charge on any atom is 0.505 e. The number of carboxylic acid groups (broad SMARTS) is 1. The number of ether oxygens (including phenoxy) is 2. The number of nitrogens with two attached hydrogens (primary N) is 5. The monoisotopic (exact) mass is 490 g/mol. The maximum absolute atomic E-state index is 12.8. The number of hydrogen-bond acceptors (Lipinski definition) is 9. The van der Waals surface area contributed by atoms with Gasteiger partial charge in [0, 0.05) is 12.6 Å². The Bertz CT molecular complexity index is 618. The van der Waals surface area contributed by atoms with Gasteiger partial charge in [-0.05, 0) is 58.0 Å². The quantitative estimate of drug-likeness (QED) is 0.0466. The molecule has 34 heavy (non-hydrogen) atoms. The normalized spacial score (nSPS) is 13.3. The van der Waals surface area contributed by atoms with Crippen molar-refractivity contribution in [3.63, 3.8) is 0 Å². The lowest BCUT2D eigenvalue weighted by Crippen LogP contribution is -2.51. The third kappa shape index (κ3) is 17.7. The smallest absolute Gasteiger partial charge is 0.450 e. The van der Waals surface area contributed by atoms with Crippen LogP contribution >= 0.6 is 0 Å². The summed E-state index contributed by atoms with van der Waals surface area (Å²) in [5.41, 5.74) is 27.5. The van der Waals surface area contributed by atoms with Crippen molar-refractivity contribution in [3.05, 3.63) is 0 Å². The van der Waals surface area contributed by atoms with Crippen LogP contribution in [0.4, 0.5) is 9.59 Å². The molecular formula is C20H42N8O6. The third-order valence-electron chi connectivity index (χ3n) is 4.77. The van der Waals surface area contributed by atoms with E-state index in [0.29, 0.717) is 64.6 Å². The van der Waals surface area contributed by atoms with Crippen molar-refractivity contribution in [2.24, 2.45) is 33.7 Å². The fraction of sp³-hybridized carbons (Fsp3) is 0.800. The first-order valence-corrected chi connectivity index (χ1v) is 11.5. The summed E-state index contributed by atoms with van der Waals surface area (Å²) in [7, 11) is 0. The summed E-state index contributed by atoms with van der Waals surface area (Å²) in [5.74, 6) is -0.471. The molecule has 0 aromatic carbocycles. The third-order valence-corrected chi connectivity index (χ3v) is 4.77. The zero-order chi connectivity index (χ0) is 25.8. The second kappa shape index (κ2) is 19.6. The Morgan fingerprint density at radius 3 is 2.09 bits per heavy atom. The molecule has 198 valence electrons. The minimum absolute atomic E-state index is 0.000653. The van der Waals surface area contributed by atoms with Crippen LogP contribution in [0.3, 0.4) is 0 Å². The topological polar surface area (TPSA) is 256 Å². The van der Waals surface area contributed by atoms with Gasteiger partial charge in [-0.15, -0.1) is 0 Å². The second-order valence-corrected chi connectivity index (χ2v) is 7.86. The molecule has 0 aromatic heterocycles. The highest BCUT2D eigenvalue weighted by molar-refractivity contribution is 5.85. The zero-order valence-electron chi connectivity index (χ0n) is 19.7. The molecule has 0 aliphatic rings. The van der Waals surface area contributed by atoms with Gasteiger partial charge in [-0.25, -0.2) is 9.59 Å². The van der Waals surface area contributed by atoms with Gasteiger partial charge in [0.25, 0.3) is 0 Å². The Balaban J connectivity index is 4.80. The Morgan fingerprint density at radius 1 is 0.853 bits per heavy atom. The number of hydrogen-bond donors (Lipinski definition) is 8. The van der Waals surface area contributed by atoms with Gasteiger partial charge in [0.2, 0.25) is 5.91 Å². The van der Waals surface area contributed by atoms with Gasteiger partial charge < -0.3 is 53.9 Å². The molecule has 0 saturated carbocycles. The number of aliphatic imine (C=N–C) groups is 1. The average molecular weight is 491 g/mol. The van der Waals surface area contributed by atoms with Crippen molar-refractivity contribution in [2.75, 3.05) is 32.8 Å². The van der Waals surface area contributed by atoms with E-state index < -0.39 is 36.3 Å². The first kappa shape index (κ1) is 31.2. The Morgan fingerprint density at radius 2 is 1.50 bits per heavy atom. The van der Waals surface area contributed by atoms with Crippen molar-refractivity contribution in [1.29, 1.82) is 0 Å². The Kier molecular flexibility index (Phi) is 18.0. The van der Waals surface area contributed by atoms with Gasteiger partial charge in [-0.3, -0.25) is 9.79 Å². The lowest BCUT2D eigenvalue weighted by molar-refractivity contribution is -0.124. The van der Waals surface area contributed by atoms with E-state index in [9.17, 15) is 14.4 Å². The van der Waals surface area contributed by atoms with E-state index in [1.165, 1.54) is 0 Å². The lowest BCUT2D eigenvalue weighted by Gasteiger charge is -2.23. The second-order valence-electron chi connectivity index (χ2n) is 7.86. The molecule has 0 rings (SSSR count). The Labute approximate surface area is 200 Å². The summed E-state index contributed by atoms with van der Waals surface area (Å²) in [6.07, 6.45) is 2.42. The molecule has 0 spiro atoms. The van der Waals surface area contributed by atoms with E-state index >= 15 is 0 Å². The summed E-state index contributed by atoms with van der Waals surface area (Å²) in [6.45, 7) is 1.09. The summed E-state index contributed by atoms with van der Waals surface area (Å²) < 4.78 is 9.77. The molecule has 14 nitrogen and oxygen atoms in total. The van der Waals surface area contributed by atoms with Gasteiger partial charge in [0.1, 0.15) is 19.3 Å². The van der Waals surface area contributed by atoms with Gasteiger partial charge in [0.15, 0.2) is 5.96 Å². The number of nitrogens with one attached hydrogen (secondary N) is 2. The van der Waals surface area contributed by atoms with Gasteiger partial charge in [-0.1, -0.05) is 6.42 Å². The summed E-state index contributed by atoms with van der Waals surface area (Å²) in [5, 5.41) is 14.1. The average Bonchev–Trinajstić information content (AvgIpc) is 2.78. The highest BCUT2D eigenvalue weighted by Crippen LogP contribution is 2.06. The maximum atomic E-state index is 12.8. The number of carbonyl (C=O) groups excluding carboxylic acids is 2. The minimum Gasteiger partial charge on any atom is -0.450 e. The highest BCUT2D eigenvalue weighted by atomic mass is 16.7. The van der Waals surface area contributed by atoms with E-state index in [2.05, 4.69) is 20.4 Å². The molecule has 2 amide bonds. The highest BCUT2D eigenvalue weighted by Gasteiger charge is 2.24. The molecule has 0 bridgehead atoms. The summed E-state index contributed by atoms with van der Waals surface area (Å²) in [6, 6.07) is -1.85. The predicted molar refractivity (Wildman–Crippen MR) is 128 cm³/mol. The Hall–Kier alpha value is -2.84. The van der Waals surface area contributed by atoms with Crippen LogP contribution in [0.2, 0.25) is 0 Å². The fourth-order valence-electron chi connectivity index (χ4n) is 2.98. The number of alkyl carbamates (subject to hydrolysis) is 1. The van der Waals surface area contributed by atoms with Crippen molar-refractivity contribution in [1.82, 2.24) is 10.6 Å². The molecule has 0 aliphatic heterocycles. The molecular weight excluding hydrogens is 448 g/mol. The minimum atomic E-state index is -1.44. The molecule has 0 heterocycles. The number of unbranched alkanes of at least 4 members (excludes halogenated alkanes) is 2. The van der Waals surface area contributed by atoms with Gasteiger partial charge >= 0.3 is 12.2 Å². The molecule has 0 radical (unpaired) electrons. The first-order chi connectivity index (χ1) is 16.2. The van der Waals surface area contributed by atoms with Crippen LogP contribution in [0.15, 0.2) is 4.99 Å². The van der Waals surface area contributed by atoms with Crippen LogP contribution in [0, 0.1) is 0 Å². The van der Waals surface area contributed by atoms with Crippen LogP contribution in [-0.4, -0.2) is 80.2 Å². The standard InChI is InChI=1S/C20H42N8O6/c21-9-3-1-7-15(13-34-20(31)32)27-17(29)16(8-2-4-10-22)28-19(30)33-12-14(23)6-5-11-26-18(24)25/h14-16H,1-13,21-23H2,(H,27,29)(H,28,30)(H,31,32)(H4,24,25,26)/t14-,15+,16-/m0/s1. The summed E-state index contributed by atoms with van der Waals surface area (Å²) >= 11 is 0. The van der Waals surface area contributed by atoms with E-state index in [4.69, 9.17) is 38.5 Å². The predicted octanol–water partition coefficient (Wildman–Crippen LogP) is -1.10. The van der Waals surface area contributed by atoms with Crippen molar-refractivity contribution in [3.8, 4) is 0 Å². The molecule has 13 N–H and O–H groups in total. The SMILES string of the molecule is NCCCC[C@H](COC(=O)O)NC(=O)[C@H](CCCCN)NC(=O)OC[C@@H](N)CCCN=C(N)N. The number of guanidine groups is 1. The number of nitrogens with zero attached hydrogens (tertiary/aromatic N) is 1. The summed E-state index contributed by atoms with van der Waals surface area (Å²) in [4.78, 5) is 39.7. The number of carbonyl (C=O) groups is 3. The fourth-order valence-corrected chi connectivity index (χ4v) is 2.98. The van der Waals surface area contributed by atoms with Crippen LogP contribution < -0.4 is 39.3 Å². The van der Waals surface area contributed by atoms with E-state index in [1.807, 2.05) is 0 Å². The molecule has 3 atom stereocenters. The molecule has 0 aliphatic carbocycles. The van der Waals surface area contributed by atoms with Gasteiger partial charge in [-0.2, -0.15) is 0 Å². The van der Waals surface area contributed by atoms with E-state index in [0.717, 1.165) is 6.42 Å². The van der Waals surface area contributed by atoms with Crippen molar-refractivity contribution in [2.45, 2.75) is 69.5 Å². The number of rotatable bonds is 19. The largest absolute Gasteiger partial charge is 0.505 e. The van der Waals surface area contributed by atoms with Crippen molar-refractivity contribution >= 4 is 24.1 Å². The molecule has 0 unspecified atom stereocenters.